The molecule has 0 saturated carbocycles. The van der Waals surface area contributed by atoms with Gasteiger partial charge in [-0.15, -0.1) is 0 Å². The van der Waals surface area contributed by atoms with Crippen molar-refractivity contribution >= 4 is 34.1 Å². The van der Waals surface area contributed by atoms with Crippen molar-refractivity contribution < 1.29 is 9.59 Å². The molecule has 0 saturated heterocycles. The Bertz CT molecular complexity index is 1540. The Balaban J connectivity index is 1.68. The molecule has 0 aliphatic carbocycles. The molecule has 184 valence electrons. The molecule has 0 fully saturated rings. The molecule has 9 heteroatoms. The number of hydrogen-bond donors (Lipinski definition) is 0. The zero-order valence-corrected chi connectivity index (χ0v) is 20.8. The zero-order chi connectivity index (χ0) is 26.4. The molecule has 0 bridgehead atoms. The number of fused-ring (bicyclic) bond motifs is 1. The lowest BCUT2D eigenvalue weighted by atomic mass is 9.93. The number of benzene rings is 2. The van der Waals surface area contributed by atoms with E-state index in [1.807, 2.05) is 19.1 Å². The smallest absolute Gasteiger partial charge is 0.299 e. The molecular formula is C27H25ClN4O4. The third-order valence-corrected chi connectivity index (χ3v) is 6.26. The molecule has 0 radical (unpaired) electrons. The maximum Gasteiger partial charge on any atom is 0.332 e. The van der Waals surface area contributed by atoms with Crippen molar-refractivity contribution in [1.29, 1.82) is 10.5 Å². The first kappa shape index (κ1) is 26.6. The van der Waals surface area contributed by atoms with Crippen molar-refractivity contribution in [2.75, 3.05) is 0 Å². The molecule has 3 aromatic rings. The van der Waals surface area contributed by atoms with Crippen LogP contribution in [0.4, 0.5) is 0 Å². The molecule has 1 atom stereocenters. The van der Waals surface area contributed by atoms with Gasteiger partial charge in [-0.1, -0.05) is 30.7 Å². The Morgan fingerprint density at radius 3 is 2.14 bits per heavy atom. The highest BCUT2D eigenvalue weighted by Crippen LogP contribution is 2.19. The number of hydrogen-bond acceptors (Lipinski definition) is 6. The van der Waals surface area contributed by atoms with Gasteiger partial charge in [0.2, 0.25) is 0 Å². The fraction of sp³-hybridized carbons (Fsp3) is 0.333. The first-order chi connectivity index (χ1) is 17.2. The van der Waals surface area contributed by atoms with E-state index in [1.54, 1.807) is 43.3 Å². The lowest BCUT2D eigenvalue weighted by Crippen LogP contribution is -2.39. The fourth-order valence-corrected chi connectivity index (χ4v) is 4.54. The highest BCUT2D eigenvalue weighted by atomic mass is 35.5. The van der Waals surface area contributed by atoms with Gasteiger partial charge in [0.15, 0.2) is 0 Å². The van der Waals surface area contributed by atoms with E-state index in [1.165, 1.54) is 4.57 Å². The second-order valence-electron chi connectivity index (χ2n) is 8.80. The van der Waals surface area contributed by atoms with Crippen LogP contribution in [0, 0.1) is 28.6 Å². The number of rotatable bonds is 10. The highest BCUT2D eigenvalue weighted by Gasteiger charge is 2.17. The fourth-order valence-electron chi connectivity index (χ4n) is 4.29. The summed E-state index contributed by atoms with van der Waals surface area (Å²) in [7, 11) is 0. The quantitative estimate of drug-likeness (QED) is 0.415. The number of halogens is 1. The topological polar surface area (TPSA) is 126 Å². The van der Waals surface area contributed by atoms with Crippen LogP contribution in [0.3, 0.4) is 0 Å². The van der Waals surface area contributed by atoms with Crippen LogP contribution in [-0.4, -0.2) is 20.7 Å². The van der Waals surface area contributed by atoms with Crippen molar-refractivity contribution in [3.63, 3.8) is 0 Å². The number of Topliss-reactive ketones (excluding diaryl/α,β-unsaturated/α-hetero) is 2. The monoisotopic (exact) mass is 504 g/mol. The number of ketones is 2. The minimum absolute atomic E-state index is 0.0302. The molecule has 1 aromatic heterocycles. The molecule has 0 N–H and O–H groups in total. The minimum Gasteiger partial charge on any atom is -0.299 e. The van der Waals surface area contributed by atoms with Gasteiger partial charge in [-0.2, -0.15) is 10.5 Å². The van der Waals surface area contributed by atoms with Crippen molar-refractivity contribution in [1.82, 2.24) is 9.13 Å². The third-order valence-electron chi connectivity index (χ3n) is 5.94. The predicted octanol–water partition coefficient (Wildman–Crippen LogP) is 3.57. The summed E-state index contributed by atoms with van der Waals surface area (Å²) >= 11 is 6.03. The molecule has 8 nitrogen and oxygen atoms in total. The molecule has 1 unspecified atom stereocenters. The Labute approximate surface area is 213 Å². The Morgan fingerprint density at radius 1 is 0.972 bits per heavy atom. The van der Waals surface area contributed by atoms with Gasteiger partial charge in [-0.3, -0.25) is 23.5 Å². The second kappa shape index (κ2) is 11.6. The van der Waals surface area contributed by atoms with Crippen molar-refractivity contribution in [3.05, 3.63) is 78.9 Å². The lowest BCUT2D eigenvalue weighted by Gasteiger charge is -2.13. The van der Waals surface area contributed by atoms with Crippen molar-refractivity contribution in [2.24, 2.45) is 5.92 Å². The average molecular weight is 505 g/mol. The van der Waals surface area contributed by atoms with Crippen LogP contribution in [0.25, 0.3) is 10.9 Å². The number of carbonyl (C=O) groups is 2. The van der Waals surface area contributed by atoms with Crippen molar-refractivity contribution in [3.8, 4) is 12.1 Å². The van der Waals surface area contributed by atoms with E-state index >= 15 is 0 Å². The number of nitrogens with zero attached hydrogens (tertiary/aromatic N) is 4. The summed E-state index contributed by atoms with van der Waals surface area (Å²) in [5, 5.41) is 18.6. The van der Waals surface area contributed by atoms with Crippen LogP contribution in [0.1, 0.15) is 43.4 Å². The normalized spacial score (nSPS) is 11.6. The Kier molecular flexibility index (Phi) is 8.58. The van der Waals surface area contributed by atoms with E-state index in [2.05, 4.69) is 0 Å². The average Bonchev–Trinajstić information content (AvgIpc) is 2.82. The Hall–Kier alpha value is -4.01. The van der Waals surface area contributed by atoms with Gasteiger partial charge in [0.25, 0.3) is 5.56 Å². The molecule has 0 aliphatic rings. The summed E-state index contributed by atoms with van der Waals surface area (Å²) in [6.07, 6.45) is 0.680. The first-order valence-electron chi connectivity index (χ1n) is 11.5. The molecular weight excluding hydrogens is 480 g/mol. The van der Waals surface area contributed by atoms with Gasteiger partial charge in [-0.05, 0) is 48.2 Å². The molecule has 0 aliphatic heterocycles. The van der Waals surface area contributed by atoms with Crippen LogP contribution in [0.2, 0.25) is 5.02 Å². The number of nitriles is 2. The standard InChI is InChI=1S/C27H25ClN4O4/c1-3-31-26(35)23-14-18(5-7-25(23)32(9-8-29)27(31)36)12-21(33)10-17(2)11-22(34)13-19-4-6-20(16-30)24(28)15-19/h4-7,14-15,17H,3,9-13H2,1-2H3. The molecule has 2 aromatic carbocycles. The lowest BCUT2D eigenvalue weighted by molar-refractivity contribution is -0.121. The summed E-state index contributed by atoms with van der Waals surface area (Å²) < 4.78 is 2.32. The third kappa shape index (κ3) is 5.97. The van der Waals surface area contributed by atoms with Crippen LogP contribution < -0.4 is 11.2 Å². The summed E-state index contributed by atoms with van der Waals surface area (Å²) in [5.74, 6) is -0.271. The van der Waals surface area contributed by atoms with E-state index in [-0.39, 0.29) is 61.6 Å². The van der Waals surface area contributed by atoms with Gasteiger partial charge in [0.05, 0.1) is 27.6 Å². The summed E-state index contributed by atoms with van der Waals surface area (Å²) in [6.45, 7) is 3.50. The summed E-state index contributed by atoms with van der Waals surface area (Å²) in [5.41, 5.74) is 1.05. The van der Waals surface area contributed by atoms with E-state index < -0.39 is 11.2 Å². The molecule has 36 heavy (non-hydrogen) atoms. The predicted molar refractivity (Wildman–Crippen MR) is 136 cm³/mol. The van der Waals surface area contributed by atoms with Gasteiger partial charge >= 0.3 is 5.69 Å². The maximum atomic E-state index is 12.8. The van der Waals surface area contributed by atoms with Gasteiger partial charge in [-0.25, -0.2) is 4.79 Å². The first-order valence-corrected chi connectivity index (χ1v) is 11.9. The largest absolute Gasteiger partial charge is 0.332 e. The van der Waals surface area contributed by atoms with Crippen LogP contribution in [0.15, 0.2) is 46.0 Å². The maximum absolute atomic E-state index is 12.8. The van der Waals surface area contributed by atoms with Crippen LogP contribution >= 0.6 is 11.6 Å². The second-order valence-corrected chi connectivity index (χ2v) is 9.21. The Morgan fingerprint density at radius 2 is 1.58 bits per heavy atom. The van der Waals surface area contributed by atoms with Gasteiger partial charge < -0.3 is 0 Å². The minimum atomic E-state index is -0.540. The van der Waals surface area contributed by atoms with E-state index in [9.17, 15) is 19.2 Å². The van der Waals surface area contributed by atoms with Crippen LogP contribution in [0.5, 0.6) is 0 Å². The number of carbonyl (C=O) groups excluding carboxylic acids is 2. The van der Waals surface area contributed by atoms with Crippen LogP contribution in [-0.2, 0) is 35.5 Å². The summed E-state index contributed by atoms with van der Waals surface area (Å²) in [4.78, 5) is 50.5. The molecule has 0 amide bonds. The number of aromatic nitrogens is 2. The van der Waals surface area contributed by atoms with E-state index in [0.717, 1.165) is 4.57 Å². The SMILES string of the molecule is CCn1c(=O)c2cc(CC(=O)CC(C)CC(=O)Cc3ccc(C#N)c(Cl)c3)ccc2n(CC#N)c1=O. The van der Waals surface area contributed by atoms with Gasteiger partial charge in [0, 0.05) is 32.2 Å². The van der Waals surface area contributed by atoms with Crippen molar-refractivity contribution in [2.45, 2.75) is 52.6 Å². The molecule has 1 heterocycles. The van der Waals surface area contributed by atoms with E-state index in [0.29, 0.717) is 27.2 Å². The summed E-state index contributed by atoms with van der Waals surface area (Å²) in [6, 6.07) is 13.7. The molecule has 0 spiro atoms. The van der Waals surface area contributed by atoms with E-state index in [4.69, 9.17) is 22.1 Å². The highest BCUT2D eigenvalue weighted by molar-refractivity contribution is 6.31. The zero-order valence-electron chi connectivity index (χ0n) is 20.1. The molecule has 3 rings (SSSR count). The van der Waals surface area contributed by atoms with Gasteiger partial charge in [0.1, 0.15) is 24.2 Å².